The van der Waals surface area contributed by atoms with E-state index in [1.54, 1.807) is 0 Å². The van der Waals surface area contributed by atoms with Gasteiger partial charge in [0.05, 0.1) is 83.2 Å². The maximum atomic E-state index is 12.2. The van der Waals surface area contributed by atoms with Crippen molar-refractivity contribution in [1.29, 1.82) is 0 Å². The normalized spacial score (nSPS) is 20.2. The second-order valence-electron chi connectivity index (χ2n) is 20.4. The second kappa shape index (κ2) is 39.1. The lowest BCUT2D eigenvalue weighted by Crippen LogP contribution is -2.27. The summed E-state index contributed by atoms with van der Waals surface area (Å²) >= 11 is 0. The molecule has 4 fully saturated rings. The number of fused-ring (bicyclic) bond motifs is 2. The number of epoxide rings is 2. The van der Waals surface area contributed by atoms with Gasteiger partial charge in [-0.05, 0) is 167 Å². The van der Waals surface area contributed by atoms with Crippen LogP contribution in [0, 0.1) is 11.8 Å². The van der Waals surface area contributed by atoms with E-state index in [0.29, 0.717) is 206 Å². The van der Waals surface area contributed by atoms with Crippen LogP contribution in [-0.4, -0.2) is 125 Å². The fourth-order valence-electron chi connectivity index (χ4n) is 9.36. The van der Waals surface area contributed by atoms with Crippen LogP contribution < -0.4 is 0 Å². The number of rotatable bonds is 45. The molecule has 6 unspecified atom stereocenters. The van der Waals surface area contributed by atoms with E-state index in [9.17, 15) is 38.4 Å². The topological polar surface area (TPSA) is 235 Å². The molecular formula is C56H90O18. The molecular weight excluding hydrogens is 961 g/mol. The Morgan fingerprint density at radius 2 is 0.581 bits per heavy atom. The van der Waals surface area contributed by atoms with Crippen molar-refractivity contribution in [1.82, 2.24) is 0 Å². The van der Waals surface area contributed by atoms with Gasteiger partial charge in [-0.1, -0.05) is 6.42 Å². The van der Waals surface area contributed by atoms with E-state index >= 15 is 0 Å². The summed E-state index contributed by atoms with van der Waals surface area (Å²) < 4.78 is 53.7. The fraction of sp³-hybridized carbons (Fsp3) is 0.857. The smallest absolute Gasteiger partial charge is 0.311 e. The Morgan fingerprint density at radius 3 is 0.932 bits per heavy atom. The summed E-state index contributed by atoms with van der Waals surface area (Å²) in [5.74, 6) is -1.63. The van der Waals surface area contributed by atoms with E-state index in [0.717, 1.165) is 83.5 Å². The van der Waals surface area contributed by atoms with Gasteiger partial charge >= 0.3 is 47.8 Å². The second-order valence-corrected chi connectivity index (χ2v) is 20.4. The Hall–Kier alpha value is -4.32. The van der Waals surface area contributed by atoms with Crippen LogP contribution >= 0.6 is 0 Å². The van der Waals surface area contributed by atoms with Crippen LogP contribution in [0.25, 0.3) is 0 Å². The molecule has 0 aromatic carbocycles. The molecule has 0 aromatic heterocycles. The highest BCUT2D eigenvalue weighted by molar-refractivity contribution is 5.74. The molecule has 0 radical (unpaired) electrons. The maximum absolute atomic E-state index is 12.2. The molecule has 2 saturated heterocycles. The van der Waals surface area contributed by atoms with Crippen molar-refractivity contribution in [3.05, 3.63) is 0 Å². The lowest BCUT2D eigenvalue weighted by atomic mass is 9.89. The zero-order valence-electron chi connectivity index (χ0n) is 44.5. The van der Waals surface area contributed by atoms with Crippen LogP contribution in [-0.2, 0) is 85.7 Å². The first kappa shape index (κ1) is 62.2. The van der Waals surface area contributed by atoms with Crippen molar-refractivity contribution in [2.75, 3.05) is 52.9 Å². The SMILES string of the molecule is O=C(CCCCCOC(=O)CCCCCOC(=O)CCCCCOC(=O)CCCCCOC(=O)C1CCCC2OC21)OCCCCCC(=O)OCCCCCC(=O)OCCCCCC(=O)OCC1CCCC2OC12. The third kappa shape index (κ3) is 30.3. The largest absolute Gasteiger partial charge is 0.466 e. The van der Waals surface area contributed by atoms with Gasteiger partial charge in [0.25, 0.3) is 0 Å². The molecule has 74 heavy (non-hydrogen) atoms. The highest BCUT2D eigenvalue weighted by Gasteiger charge is 2.51. The van der Waals surface area contributed by atoms with Crippen molar-refractivity contribution >= 4 is 47.8 Å². The van der Waals surface area contributed by atoms with Gasteiger partial charge in [-0.3, -0.25) is 38.4 Å². The number of esters is 8. The molecule has 2 heterocycles. The Balaban J connectivity index is 0.779. The zero-order chi connectivity index (χ0) is 52.9. The van der Waals surface area contributed by atoms with Gasteiger partial charge in [-0.2, -0.15) is 0 Å². The average Bonchev–Trinajstić information content (AvgIpc) is 4.34. The first-order valence-electron chi connectivity index (χ1n) is 28.7. The summed E-state index contributed by atoms with van der Waals surface area (Å²) in [5, 5.41) is 0. The number of carbonyl (C=O) groups excluding carboxylic acids is 8. The highest BCUT2D eigenvalue weighted by atomic mass is 16.6. The first-order valence-corrected chi connectivity index (χ1v) is 28.7. The number of carbonyl (C=O) groups is 8. The number of hydrogen-bond acceptors (Lipinski definition) is 18. The quantitative estimate of drug-likeness (QED) is 0.0239. The minimum absolute atomic E-state index is 0.0618. The molecule has 0 amide bonds. The summed E-state index contributed by atoms with van der Waals surface area (Å²) in [7, 11) is 0. The van der Waals surface area contributed by atoms with Gasteiger partial charge in [0.15, 0.2) is 0 Å². The third-order valence-electron chi connectivity index (χ3n) is 13.9. The van der Waals surface area contributed by atoms with E-state index < -0.39 is 0 Å². The molecule has 2 aliphatic carbocycles. The van der Waals surface area contributed by atoms with Crippen LogP contribution in [0.4, 0.5) is 0 Å². The molecule has 18 nitrogen and oxygen atoms in total. The van der Waals surface area contributed by atoms with Gasteiger partial charge in [-0.25, -0.2) is 0 Å². The number of ether oxygens (including phenoxy) is 10. The molecule has 6 atom stereocenters. The van der Waals surface area contributed by atoms with Crippen LogP contribution in [0.2, 0.25) is 0 Å². The van der Waals surface area contributed by atoms with Gasteiger partial charge in [-0.15, -0.1) is 0 Å². The predicted molar refractivity (Wildman–Crippen MR) is 269 cm³/mol. The molecule has 2 saturated carbocycles. The van der Waals surface area contributed by atoms with Crippen molar-refractivity contribution in [2.45, 2.75) is 243 Å². The molecule has 0 N–H and O–H groups in total. The summed E-state index contributed by atoms with van der Waals surface area (Å²) in [6.07, 6.45) is 24.1. The van der Waals surface area contributed by atoms with E-state index in [1.165, 1.54) is 0 Å². The summed E-state index contributed by atoms with van der Waals surface area (Å²) in [6.45, 7) is 2.70. The Kier molecular flexibility index (Phi) is 32.9. The predicted octanol–water partition coefficient (Wildman–Crippen LogP) is 9.39. The lowest BCUT2D eigenvalue weighted by Gasteiger charge is -2.17. The highest BCUT2D eigenvalue weighted by Crippen LogP contribution is 2.42. The zero-order valence-corrected chi connectivity index (χ0v) is 44.5. The van der Waals surface area contributed by atoms with Crippen LogP contribution in [0.3, 0.4) is 0 Å². The summed E-state index contributed by atoms with van der Waals surface area (Å²) in [6, 6.07) is 0. The molecule has 4 rings (SSSR count). The fourth-order valence-corrected chi connectivity index (χ4v) is 9.36. The number of hydrogen-bond donors (Lipinski definition) is 0. The minimum Gasteiger partial charge on any atom is -0.466 e. The van der Waals surface area contributed by atoms with E-state index in [2.05, 4.69) is 0 Å². The molecule has 0 bridgehead atoms. The Morgan fingerprint density at radius 1 is 0.297 bits per heavy atom. The van der Waals surface area contributed by atoms with Gasteiger partial charge in [0, 0.05) is 50.9 Å². The van der Waals surface area contributed by atoms with Gasteiger partial charge < -0.3 is 47.4 Å². The average molecular weight is 1050 g/mol. The van der Waals surface area contributed by atoms with E-state index in [1.807, 2.05) is 0 Å². The van der Waals surface area contributed by atoms with Crippen LogP contribution in [0.1, 0.15) is 218 Å². The van der Waals surface area contributed by atoms with Gasteiger partial charge in [0.1, 0.15) is 0 Å². The first-order chi connectivity index (χ1) is 36.1. The Bertz CT molecular complexity index is 1650. The van der Waals surface area contributed by atoms with Gasteiger partial charge in [0.2, 0.25) is 0 Å². The summed E-state index contributed by atoms with van der Waals surface area (Å²) in [4.78, 5) is 96.4. The third-order valence-corrected chi connectivity index (χ3v) is 13.9. The van der Waals surface area contributed by atoms with Crippen molar-refractivity contribution in [3.8, 4) is 0 Å². The minimum atomic E-state index is -0.266. The van der Waals surface area contributed by atoms with E-state index in [4.69, 9.17) is 47.4 Å². The summed E-state index contributed by atoms with van der Waals surface area (Å²) in [5.41, 5.74) is 0. The molecule has 0 aromatic rings. The van der Waals surface area contributed by atoms with Crippen molar-refractivity contribution < 1.29 is 85.7 Å². The van der Waals surface area contributed by atoms with E-state index in [-0.39, 0.29) is 65.9 Å². The standard InChI is InChI=1S/C56H90O18/c57-47(66-36-16-2-10-30-49(59)68-38-18-4-12-32-51(61)70-40-20-6-14-34-53(63)72-42-43-24-22-26-45-54(43)73-45)28-8-1-15-35-65-48(58)29-9-3-17-37-67-50(60)31-11-5-19-39-69-52(62)33-13-7-21-41-71-56(64)44-25-23-27-46-55(44)74-46/h43-46,54-55H,1-42H2. The molecule has 4 aliphatic rings. The van der Waals surface area contributed by atoms with Crippen molar-refractivity contribution in [3.63, 3.8) is 0 Å². The number of unbranched alkanes of at least 4 members (excludes halogenated alkanes) is 14. The molecule has 18 heteroatoms. The van der Waals surface area contributed by atoms with Crippen molar-refractivity contribution in [2.24, 2.45) is 11.8 Å². The Labute approximate surface area is 439 Å². The molecule has 0 spiro atoms. The lowest BCUT2D eigenvalue weighted by molar-refractivity contribution is -0.150. The van der Waals surface area contributed by atoms with Crippen LogP contribution in [0.15, 0.2) is 0 Å². The monoisotopic (exact) mass is 1050 g/mol. The molecule has 422 valence electrons. The maximum Gasteiger partial charge on any atom is 0.311 e. The molecule has 2 aliphatic heterocycles. The van der Waals surface area contributed by atoms with Crippen LogP contribution in [0.5, 0.6) is 0 Å².